The average molecular weight is 264 g/mol. The van der Waals surface area contributed by atoms with E-state index in [2.05, 4.69) is 9.71 Å². The lowest BCUT2D eigenvalue weighted by molar-refractivity contribution is 0.459. The topological polar surface area (TPSA) is 79.3 Å². The molecule has 1 aromatic carbocycles. The van der Waals surface area contributed by atoms with Gasteiger partial charge in [-0.05, 0) is 30.7 Å². The van der Waals surface area contributed by atoms with E-state index in [9.17, 15) is 13.5 Å². The molecular formula is C12H12N2O3S. The molecule has 0 saturated heterocycles. The number of hydrogen-bond acceptors (Lipinski definition) is 4. The molecule has 0 radical (unpaired) electrons. The van der Waals surface area contributed by atoms with Crippen LogP contribution in [0.15, 0.2) is 47.5 Å². The number of pyridine rings is 1. The molecule has 0 bridgehead atoms. The van der Waals surface area contributed by atoms with Crippen LogP contribution in [0, 0.1) is 6.92 Å². The molecule has 18 heavy (non-hydrogen) atoms. The van der Waals surface area contributed by atoms with Gasteiger partial charge >= 0.3 is 0 Å². The summed E-state index contributed by atoms with van der Waals surface area (Å²) >= 11 is 0. The Morgan fingerprint density at radius 1 is 1.17 bits per heavy atom. The fraction of sp³-hybridized carbons (Fsp3) is 0.0833. The number of aromatic nitrogens is 1. The molecule has 0 saturated carbocycles. The Hall–Kier alpha value is -2.08. The maximum absolute atomic E-state index is 12.0. The lowest BCUT2D eigenvalue weighted by Gasteiger charge is -2.08. The summed E-state index contributed by atoms with van der Waals surface area (Å²) < 4.78 is 26.3. The van der Waals surface area contributed by atoms with E-state index < -0.39 is 10.0 Å². The zero-order valence-corrected chi connectivity index (χ0v) is 10.5. The van der Waals surface area contributed by atoms with E-state index in [0.29, 0.717) is 0 Å². The minimum absolute atomic E-state index is 0.174. The third-order valence-electron chi connectivity index (χ3n) is 2.31. The van der Waals surface area contributed by atoms with E-state index >= 15 is 0 Å². The summed E-state index contributed by atoms with van der Waals surface area (Å²) in [5, 5.41) is 9.53. The van der Waals surface area contributed by atoms with E-state index in [0.717, 1.165) is 5.56 Å². The number of para-hydroxylation sites is 1. The highest BCUT2D eigenvalue weighted by atomic mass is 32.2. The smallest absolute Gasteiger partial charge is 0.266 e. The minimum Gasteiger partial charge on any atom is -0.507 e. The summed E-state index contributed by atoms with van der Waals surface area (Å²) in [6, 6.07) is 9.04. The Morgan fingerprint density at radius 2 is 1.89 bits per heavy atom. The number of phenols is 1. The number of aryl methyl sites for hydroxylation is 1. The molecular weight excluding hydrogens is 252 g/mol. The van der Waals surface area contributed by atoms with Crippen LogP contribution in [0.2, 0.25) is 0 Å². The Bertz CT molecular complexity index is 651. The molecule has 94 valence electrons. The predicted molar refractivity (Wildman–Crippen MR) is 67.9 cm³/mol. The standard InChI is InChI=1S/C12H12N2O3S/c1-9-6-7-12(13-8-9)14-18(16,17)11-5-3-2-4-10(11)15/h2-8,15H,1H3,(H,13,14). The molecule has 6 heteroatoms. The highest BCUT2D eigenvalue weighted by molar-refractivity contribution is 7.92. The van der Waals surface area contributed by atoms with E-state index in [-0.39, 0.29) is 16.5 Å². The first-order valence-corrected chi connectivity index (χ1v) is 6.71. The largest absolute Gasteiger partial charge is 0.507 e. The molecule has 5 nitrogen and oxygen atoms in total. The monoisotopic (exact) mass is 264 g/mol. The van der Waals surface area contributed by atoms with E-state index in [4.69, 9.17) is 0 Å². The number of hydrogen-bond donors (Lipinski definition) is 2. The molecule has 2 N–H and O–H groups in total. The third-order valence-corrected chi connectivity index (χ3v) is 3.71. The second kappa shape index (κ2) is 4.66. The lowest BCUT2D eigenvalue weighted by Crippen LogP contribution is -2.13. The summed E-state index contributed by atoms with van der Waals surface area (Å²) in [5.74, 6) is -0.0824. The molecule has 0 aliphatic carbocycles. The van der Waals surface area contributed by atoms with Gasteiger partial charge in [0.25, 0.3) is 10.0 Å². The fourth-order valence-electron chi connectivity index (χ4n) is 1.41. The van der Waals surface area contributed by atoms with Crippen LogP contribution in [0.3, 0.4) is 0 Å². The second-order valence-electron chi connectivity index (χ2n) is 3.79. The molecule has 0 amide bonds. The normalized spacial score (nSPS) is 11.2. The number of rotatable bonds is 3. The van der Waals surface area contributed by atoms with Crippen molar-refractivity contribution in [2.24, 2.45) is 0 Å². The van der Waals surface area contributed by atoms with Crippen LogP contribution >= 0.6 is 0 Å². The number of sulfonamides is 1. The number of anilines is 1. The number of phenolic OH excluding ortho intramolecular Hbond substituents is 1. The highest BCUT2D eigenvalue weighted by Crippen LogP contribution is 2.23. The zero-order valence-electron chi connectivity index (χ0n) is 9.66. The Labute approximate surface area is 105 Å². The molecule has 0 aliphatic rings. The van der Waals surface area contributed by atoms with Crippen LogP contribution in [0.5, 0.6) is 5.75 Å². The fourth-order valence-corrected chi connectivity index (χ4v) is 2.51. The van der Waals surface area contributed by atoms with Crippen molar-refractivity contribution in [1.29, 1.82) is 0 Å². The first-order valence-electron chi connectivity index (χ1n) is 5.22. The summed E-state index contributed by atoms with van der Waals surface area (Å²) in [5.41, 5.74) is 0.931. The van der Waals surface area contributed by atoms with Gasteiger partial charge in [-0.25, -0.2) is 13.4 Å². The molecule has 0 unspecified atom stereocenters. The maximum Gasteiger partial charge on any atom is 0.266 e. The number of benzene rings is 1. The molecule has 0 atom stereocenters. The molecule has 1 aromatic heterocycles. The Kier molecular flexibility index (Phi) is 3.20. The van der Waals surface area contributed by atoms with Crippen molar-refractivity contribution in [3.8, 4) is 5.75 Å². The van der Waals surface area contributed by atoms with Gasteiger partial charge < -0.3 is 5.11 Å². The van der Waals surface area contributed by atoms with Crippen molar-refractivity contribution in [2.75, 3.05) is 4.72 Å². The predicted octanol–water partition coefficient (Wildman–Crippen LogP) is 1.90. The van der Waals surface area contributed by atoms with Gasteiger partial charge in [-0.3, -0.25) is 4.72 Å². The van der Waals surface area contributed by atoms with Gasteiger partial charge in [0, 0.05) is 6.20 Å². The summed E-state index contributed by atoms with van der Waals surface area (Å²) in [4.78, 5) is 3.77. The van der Waals surface area contributed by atoms with Crippen molar-refractivity contribution in [3.63, 3.8) is 0 Å². The summed E-state index contributed by atoms with van der Waals surface area (Å²) in [6.07, 6.45) is 1.56. The van der Waals surface area contributed by atoms with E-state index in [1.807, 2.05) is 6.92 Å². The third kappa shape index (κ3) is 2.60. The van der Waals surface area contributed by atoms with Crippen molar-refractivity contribution < 1.29 is 13.5 Å². The quantitative estimate of drug-likeness (QED) is 0.887. The van der Waals surface area contributed by atoms with Crippen LogP contribution in [0.1, 0.15) is 5.56 Å². The van der Waals surface area contributed by atoms with Crippen molar-refractivity contribution >= 4 is 15.8 Å². The number of nitrogens with one attached hydrogen (secondary N) is 1. The van der Waals surface area contributed by atoms with Gasteiger partial charge in [-0.15, -0.1) is 0 Å². The Balaban J connectivity index is 2.33. The number of aromatic hydroxyl groups is 1. The molecule has 0 aliphatic heterocycles. The van der Waals surface area contributed by atoms with Crippen LogP contribution < -0.4 is 4.72 Å². The first kappa shape index (κ1) is 12.4. The van der Waals surface area contributed by atoms with Gasteiger partial charge in [0.2, 0.25) is 0 Å². The van der Waals surface area contributed by atoms with Crippen molar-refractivity contribution in [1.82, 2.24) is 4.98 Å². The van der Waals surface area contributed by atoms with Crippen LogP contribution in [-0.2, 0) is 10.0 Å². The average Bonchev–Trinajstić information content (AvgIpc) is 2.32. The van der Waals surface area contributed by atoms with Crippen LogP contribution in [-0.4, -0.2) is 18.5 Å². The zero-order chi connectivity index (χ0) is 13.2. The Morgan fingerprint density at radius 3 is 2.50 bits per heavy atom. The van der Waals surface area contributed by atoms with Crippen molar-refractivity contribution in [2.45, 2.75) is 11.8 Å². The van der Waals surface area contributed by atoms with Crippen LogP contribution in [0.25, 0.3) is 0 Å². The summed E-state index contributed by atoms with van der Waals surface area (Å²) in [7, 11) is -3.82. The van der Waals surface area contributed by atoms with Crippen molar-refractivity contribution in [3.05, 3.63) is 48.2 Å². The minimum atomic E-state index is -3.82. The van der Waals surface area contributed by atoms with Gasteiger partial charge in [-0.2, -0.15) is 0 Å². The second-order valence-corrected chi connectivity index (χ2v) is 5.44. The molecule has 2 aromatic rings. The SMILES string of the molecule is Cc1ccc(NS(=O)(=O)c2ccccc2O)nc1. The maximum atomic E-state index is 12.0. The van der Waals surface area contributed by atoms with Gasteiger partial charge in [0.15, 0.2) is 0 Å². The first-order chi connectivity index (χ1) is 8.49. The number of nitrogens with zero attached hydrogens (tertiary/aromatic N) is 1. The summed E-state index contributed by atoms with van der Waals surface area (Å²) in [6.45, 7) is 1.86. The molecule has 1 heterocycles. The molecule has 0 fully saturated rings. The van der Waals surface area contributed by atoms with E-state index in [1.54, 1.807) is 24.4 Å². The van der Waals surface area contributed by atoms with E-state index in [1.165, 1.54) is 18.2 Å². The van der Waals surface area contributed by atoms with Gasteiger partial charge in [-0.1, -0.05) is 18.2 Å². The molecule has 0 spiro atoms. The van der Waals surface area contributed by atoms with Crippen LogP contribution in [0.4, 0.5) is 5.82 Å². The lowest BCUT2D eigenvalue weighted by atomic mass is 10.3. The van der Waals surface area contributed by atoms with Gasteiger partial charge in [0.05, 0.1) is 0 Å². The highest BCUT2D eigenvalue weighted by Gasteiger charge is 2.18. The molecule has 2 rings (SSSR count). The van der Waals surface area contributed by atoms with Gasteiger partial charge in [0.1, 0.15) is 16.5 Å².